The Morgan fingerprint density at radius 3 is 2.75 bits per heavy atom. The van der Waals surface area contributed by atoms with Crippen molar-refractivity contribution >= 4 is 5.91 Å². The normalized spacial score (nSPS) is 10.8. The number of carbonyl (C=O) groups excluding carboxylic acids is 1. The first-order valence-corrected chi connectivity index (χ1v) is 5.07. The number of hydrogen-bond donors (Lipinski definition) is 2. The largest absolute Gasteiger partial charge is 0.349 e. The van der Waals surface area contributed by atoms with E-state index in [0.29, 0.717) is 6.54 Å². The van der Waals surface area contributed by atoms with E-state index < -0.39 is 5.69 Å². The second-order valence-electron chi connectivity index (χ2n) is 3.82. The number of aryl methyl sites for hydroxylation is 1. The van der Waals surface area contributed by atoms with Crippen molar-refractivity contribution in [3.63, 3.8) is 0 Å². The van der Waals surface area contributed by atoms with Crippen LogP contribution in [0, 0.1) is 0 Å². The molecule has 0 aliphatic rings. The first-order chi connectivity index (χ1) is 7.50. The quantitative estimate of drug-likeness (QED) is 0.618. The van der Waals surface area contributed by atoms with Crippen LogP contribution in [-0.2, 0) is 7.05 Å². The lowest BCUT2D eigenvalue weighted by Gasteiger charge is -2.08. The van der Waals surface area contributed by atoms with E-state index in [1.807, 2.05) is 19.0 Å². The molecule has 0 saturated heterocycles. The number of rotatable bonds is 5. The minimum atomic E-state index is -0.390. The summed E-state index contributed by atoms with van der Waals surface area (Å²) < 4.78 is 1.09. The van der Waals surface area contributed by atoms with Crippen LogP contribution in [0.2, 0.25) is 0 Å². The van der Waals surface area contributed by atoms with Crippen LogP contribution in [0.4, 0.5) is 0 Å². The predicted molar refractivity (Wildman–Crippen MR) is 59.3 cm³/mol. The first-order valence-electron chi connectivity index (χ1n) is 5.07. The average molecular weight is 227 g/mol. The van der Waals surface area contributed by atoms with Gasteiger partial charge >= 0.3 is 5.69 Å². The number of nitrogens with zero attached hydrogens (tertiary/aromatic N) is 3. The SMILES string of the molecule is CN(C)CCCNC(=O)c1nn(C)c(=O)[nH]1. The fourth-order valence-corrected chi connectivity index (χ4v) is 1.19. The number of nitrogens with one attached hydrogen (secondary N) is 2. The number of amides is 1. The van der Waals surface area contributed by atoms with Crippen molar-refractivity contribution in [3.8, 4) is 0 Å². The van der Waals surface area contributed by atoms with Crippen LogP contribution in [0.25, 0.3) is 0 Å². The second kappa shape index (κ2) is 5.45. The highest BCUT2D eigenvalue weighted by Crippen LogP contribution is 1.86. The molecule has 0 radical (unpaired) electrons. The maximum atomic E-state index is 11.5. The summed E-state index contributed by atoms with van der Waals surface area (Å²) in [4.78, 5) is 26.9. The Morgan fingerprint density at radius 1 is 1.56 bits per heavy atom. The lowest BCUT2D eigenvalue weighted by Crippen LogP contribution is -2.28. The predicted octanol–water partition coefficient (Wildman–Crippen LogP) is -1.21. The maximum absolute atomic E-state index is 11.5. The molecule has 1 rings (SSSR count). The number of carbonyl (C=O) groups is 1. The monoisotopic (exact) mass is 227 g/mol. The zero-order valence-corrected chi connectivity index (χ0v) is 9.78. The second-order valence-corrected chi connectivity index (χ2v) is 3.82. The molecule has 0 unspecified atom stereocenters. The Morgan fingerprint density at radius 2 is 2.25 bits per heavy atom. The van der Waals surface area contributed by atoms with E-state index in [4.69, 9.17) is 0 Å². The minimum Gasteiger partial charge on any atom is -0.349 e. The van der Waals surface area contributed by atoms with Gasteiger partial charge in [-0.3, -0.25) is 9.78 Å². The van der Waals surface area contributed by atoms with E-state index in [2.05, 4.69) is 15.4 Å². The molecular weight excluding hydrogens is 210 g/mol. The molecule has 1 aromatic rings. The van der Waals surface area contributed by atoms with Crippen LogP contribution in [0.15, 0.2) is 4.79 Å². The van der Waals surface area contributed by atoms with Crippen molar-refractivity contribution < 1.29 is 4.79 Å². The lowest BCUT2D eigenvalue weighted by atomic mass is 10.4. The van der Waals surface area contributed by atoms with Gasteiger partial charge < -0.3 is 10.2 Å². The maximum Gasteiger partial charge on any atom is 0.343 e. The van der Waals surface area contributed by atoms with Crippen molar-refractivity contribution in [1.82, 2.24) is 25.0 Å². The molecule has 0 atom stereocenters. The summed E-state index contributed by atoms with van der Waals surface area (Å²) in [6, 6.07) is 0. The molecule has 0 bridgehead atoms. The zero-order chi connectivity index (χ0) is 12.1. The molecule has 7 heteroatoms. The van der Waals surface area contributed by atoms with Gasteiger partial charge in [0.25, 0.3) is 5.91 Å². The van der Waals surface area contributed by atoms with Gasteiger partial charge in [-0.2, -0.15) is 0 Å². The highest BCUT2D eigenvalue weighted by molar-refractivity contribution is 5.90. The van der Waals surface area contributed by atoms with E-state index >= 15 is 0 Å². The highest BCUT2D eigenvalue weighted by Gasteiger charge is 2.10. The van der Waals surface area contributed by atoms with E-state index in [0.717, 1.165) is 17.6 Å². The third kappa shape index (κ3) is 3.50. The van der Waals surface area contributed by atoms with E-state index in [-0.39, 0.29) is 11.7 Å². The third-order valence-corrected chi connectivity index (χ3v) is 2.05. The van der Waals surface area contributed by atoms with Gasteiger partial charge in [0, 0.05) is 13.6 Å². The van der Waals surface area contributed by atoms with Crippen LogP contribution < -0.4 is 11.0 Å². The summed E-state index contributed by atoms with van der Waals surface area (Å²) in [7, 11) is 5.43. The van der Waals surface area contributed by atoms with Crippen LogP contribution in [0.1, 0.15) is 17.0 Å². The van der Waals surface area contributed by atoms with Crippen molar-refractivity contribution in [2.45, 2.75) is 6.42 Å². The molecule has 0 spiro atoms. The van der Waals surface area contributed by atoms with Gasteiger partial charge in [-0.1, -0.05) is 0 Å². The van der Waals surface area contributed by atoms with Gasteiger partial charge in [0.05, 0.1) is 0 Å². The van der Waals surface area contributed by atoms with Gasteiger partial charge in [-0.05, 0) is 27.1 Å². The molecule has 0 fully saturated rings. The van der Waals surface area contributed by atoms with Gasteiger partial charge in [-0.15, -0.1) is 5.10 Å². The Balaban J connectivity index is 2.38. The molecule has 0 aromatic carbocycles. The fourth-order valence-electron chi connectivity index (χ4n) is 1.19. The third-order valence-electron chi connectivity index (χ3n) is 2.05. The molecule has 1 amide bonds. The Hall–Kier alpha value is -1.63. The molecule has 7 nitrogen and oxygen atoms in total. The summed E-state index contributed by atoms with van der Waals surface area (Å²) >= 11 is 0. The Bertz CT molecular complexity index is 406. The molecule has 0 saturated carbocycles. The standard InChI is InChI=1S/C9H17N5O2/c1-13(2)6-4-5-10-8(15)7-11-9(16)14(3)12-7/h4-6H2,1-3H3,(H,10,15)(H,11,12,16). The molecule has 0 aliphatic carbocycles. The van der Waals surface area contributed by atoms with Gasteiger partial charge in [0.2, 0.25) is 5.82 Å². The number of aromatic amines is 1. The molecule has 1 aromatic heterocycles. The van der Waals surface area contributed by atoms with Crippen molar-refractivity contribution in [1.29, 1.82) is 0 Å². The van der Waals surface area contributed by atoms with Crippen molar-refractivity contribution in [2.24, 2.45) is 7.05 Å². The molecular formula is C9H17N5O2. The molecule has 2 N–H and O–H groups in total. The molecule has 16 heavy (non-hydrogen) atoms. The summed E-state index contributed by atoms with van der Waals surface area (Å²) in [6.45, 7) is 1.47. The van der Waals surface area contributed by atoms with Crippen LogP contribution >= 0.6 is 0 Å². The number of H-pyrrole nitrogens is 1. The van der Waals surface area contributed by atoms with Crippen molar-refractivity contribution in [3.05, 3.63) is 16.3 Å². The van der Waals surface area contributed by atoms with Crippen LogP contribution in [-0.4, -0.2) is 52.8 Å². The van der Waals surface area contributed by atoms with Gasteiger partial charge in [-0.25, -0.2) is 9.48 Å². The van der Waals surface area contributed by atoms with Gasteiger partial charge in [0.15, 0.2) is 0 Å². The van der Waals surface area contributed by atoms with E-state index in [1.54, 1.807) is 0 Å². The summed E-state index contributed by atoms with van der Waals surface area (Å²) in [6.07, 6.45) is 0.857. The van der Waals surface area contributed by atoms with Crippen LogP contribution in [0.3, 0.4) is 0 Å². The van der Waals surface area contributed by atoms with E-state index in [1.165, 1.54) is 7.05 Å². The summed E-state index contributed by atoms with van der Waals surface area (Å²) in [5.41, 5.74) is -0.390. The number of aromatic nitrogens is 3. The smallest absolute Gasteiger partial charge is 0.343 e. The Labute approximate surface area is 93.4 Å². The number of hydrogen-bond acceptors (Lipinski definition) is 4. The highest BCUT2D eigenvalue weighted by atomic mass is 16.2. The van der Waals surface area contributed by atoms with E-state index in [9.17, 15) is 9.59 Å². The molecule has 1 heterocycles. The minimum absolute atomic E-state index is 0.0531. The zero-order valence-electron chi connectivity index (χ0n) is 9.78. The lowest BCUT2D eigenvalue weighted by molar-refractivity contribution is 0.0941. The fraction of sp³-hybridized carbons (Fsp3) is 0.667. The Kier molecular flexibility index (Phi) is 4.24. The topological polar surface area (TPSA) is 83.0 Å². The molecule has 0 aliphatic heterocycles. The van der Waals surface area contributed by atoms with Gasteiger partial charge in [0.1, 0.15) is 0 Å². The van der Waals surface area contributed by atoms with Crippen LogP contribution in [0.5, 0.6) is 0 Å². The van der Waals surface area contributed by atoms with Crippen molar-refractivity contribution in [2.75, 3.05) is 27.2 Å². The summed E-state index contributed by atoms with van der Waals surface area (Å²) in [5, 5.41) is 6.43. The molecule has 90 valence electrons. The average Bonchev–Trinajstić information content (AvgIpc) is 2.54. The summed E-state index contributed by atoms with van der Waals surface area (Å²) in [5.74, 6) is -0.297. The first kappa shape index (κ1) is 12.4.